The molecule has 6 nitrogen and oxygen atoms in total. The van der Waals surface area contributed by atoms with Gasteiger partial charge in [0, 0.05) is 24.5 Å². The van der Waals surface area contributed by atoms with Crippen LogP contribution in [0.25, 0.3) is 0 Å². The number of hydrogen-bond donors (Lipinski definition) is 2. The van der Waals surface area contributed by atoms with E-state index in [1.54, 1.807) is 6.07 Å². The molecule has 31 heavy (non-hydrogen) atoms. The second kappa shape index (κ2) is 9.92. The van der Waals surface area contributed by atoms with Gasteiger partial charge in [-0.2, -0.15) is 0 Å². The smallest absolute Gasteiger partial charge is 0.254 e. The molecule has 2 aromatic carbocycles. The second-order valence-corrected chi connectivity index (χ2v) is 8.37. The number of rotatable bonds is 6. The zero-order valence-corrected chi connectivity index (χ0v) is 18.4. The molecule has 2 N–H and O–H groups in total. The van der Waals surface area contributed by atoms with Gasteiger partial charge in [0.25, 0.3) is 5.91 Å². The number of halogens is 1. The largest absolute Gasteiger partial charge is 0.372 e. The molecule has 1 heterocycles. The average molecular weight is 428 g/mol. The van der Waals surface area contributed by atoms with Crippen LogP contribution in [0.5, 0.6) is 0 Å². The van der Waals surface area contributed by atoms with E-state index in [0.717, 1.165) is 18.8 Å². The third-order valence-corrected chi connectivity index (χ3v) is 5.27. The molecule has 0 radical (unpaired) electrons. The van der Waals surface area contributed by atoms with Gasteiger partial charge in [0.2, 0.25) is 5.91 Å². The number of nitrogens with one attached hydrogen (secondary N) is 2. The van der Waals surface area contributed by atoms with Gasteiger partial charge in [-0.3, -0.25) is 9.59 Å². The number of ether oxygens (including phenoxy) is 1. The first-order valence-electron chi connectivity index (χ1n) is 10.6. The Bertz CT molecular complexity index is 907. The molecule has 0 aliphatic carbocycles. The van der Waals surface area contributed by atoms with Gasteiger partial charge in [-0.1, -0.05) is 26.0 Å². The maximum absolute atomic E-state index is 13.9. The molecule has 1 aliphatic heterocycles. The molecular weight excluding hydrogens is 397 g/mol. The van der Waals surface area contributed by atoms with E-state index in [1.807, 2.05) is 38.1 Å². The average Bonchev–Trinajstić information content (AvgIpc) is 2.71. The molecule has 2 amide bonds. The van der Waals surface area contributed by atoms with E-state index in [4.69, 9.17) is 4.74 Å². The van der Waals surface area contributed by atoms with Crippen LogP contribution in [-0.4, -0.2) is 43.2 Å². The Labute approximate surface area is 182 Å². The maximum atomic E-state index is 13.9. The SMILES string of the molecule is CC1CN(c2ccc(NC(=O)C(NC(=O)c3ccccc3F)C(C)C)cc2)CC(C)O1. The number of nitrogens with zero attached hydrogens (tertiary/aromatic N) is 1. The monoisotopic (exact) mass is 427 g/mol. The molecule has 0 saturated carbocycles. The zero-order valence-electron chi connectivity index (χ0n) is 18.4. The fraction of sp³-hybridized carbons (Fsp3) is 0.417. The van der Waals surface area contributed by atoms with Crippen molar-refractivity contribution in [1.82, 2.24) is 5.32 Å². The second-order valence-electron chi connectivity index (χ2n) is 8.37. The van der Waals surface area contributed by atoms with Crippen molar-refractivity contribution in [2.45, 2.75) is 45.9 Å². The van der Waals surface area contributed by atoms with Crippen LogP contribution in [0.3, 0.4) is 0 Å². The van der Waals surface area contributed by atoms with E-state index in [2.05, 4.69) is 29.4 Å². The Morgan fingerprint density at radius 2 is 1.65 bits per heavy atom. The Balaban J connectivity index is 1.65. The minimum absolute atomic E-state index is 0.0840. The van der Waals surface area contributed by atoms with Crippen molar-refractivity contribution in [3.05, 3.63) is 59.9 Å². The van der Waals surface area contributed by atoms with E-state index in [1.165, 1.54) is 18.2 Å². The number of amides is 2. The molecule has 0 spiro atoms. The lowest BCUT2D eigenvalue weighted by molar-refractivity contribution is -0.118. The molecule has 3 unspecified atom stereocenters. The first-order chi connectivity index (χ1) is 14.7. The van der Waals surface area contributed by atoms with Crippen LogP contribution < -0.4 is 15.5 Å². The normalized spacial score (nSPS) is 19.7. The lowest BCUT2D eigenvalue weighted by atomic mass is 10.0. The van der Waals surface area contributed by atoms with E-state index in [9.17, 15) is 14.0 Å². The highest BCUT2D eigenvalue weighted by atomic mass is 19.1. The highest BCUT2D eigenvalue weighted by Crippen LogP contribution is 2.22. The van der Waals surface area contributed by atoms with Gasteiger partial charge in [0.05, 0.1) is 17.8 Å². The van der Waals surface area contributed by atoms with E-state index >= 15 is 0 Å². The van der Waals surface area contributed by atoms with Crippen LogP contribution in [0, 0.1) is 11.7 Å². The summed E-state index contributed by atoms with van der Waals surface area (Å²) in [7, 11) is 0. The predicted molar refractivity (Wildman–Crippen MR) is 120 cm³/mol. The number of hydrogen-bond acceptors (Lipinski definition) is 4. The topological polar surface area (TPSA) is 70.7 Å². The van der Waals surface area contributed by atoms with Crippen LogP contribution in [-0.2, 0) is 9.53 Å². The fourth-order valence-corrected chi connectivity index (χ4v) is 3.76. The van der Waals surface area contributed by atoms with Crippen molar-refractivity contribution < 1.29 is 18.7 Å². The first-order valence-corrected chi connectivity index (χ1v) is 10.6. The third-order valence-electron chi connectivity index (χ3n) is 5.27. The number of carbonyl (C=O) groups is 2. The lowest BCUT2D eigenvalue weighted by Crippen LogP contribution is -2.47. The molecule has 2 aromatic rings. The van der Waals surface area contributed by atoms with Gasteiger partial charge in [-0.15, -0.1) is 0 Å². The Morgan fingerprint density at radius 1 is 1.03 bits per heavy atom. The number of morpholine rings is 1. The fourth-order valence-electron chi connectivity index (χ4n) is 3.76. The van der Waals surface area contributed by atoms with Crippen LogP contribution in [0.2, 0.25) is 0 Å². The van der Waals surface area contributed by atoms with Crippen molar-refractivity contribution in [2.75, 3.05) is 23.3 Å². The Hall–Kier alpha value is -2.93. The van der Waals surface area contributed by atoms with Gasteiger partial charge in [-0.25, -0.2) is 4.39 Å². The summed E-state index contributed by atoms with van der Waals surface area (Å²) in [5.74, 6) is -1.75. The summed E-state index contributed by atoms with van der Waals surface area (Å²) in [5, 5.41) is 5.51. The van der Waals surface area contributed by atoms with Crippen molar-refractivity contribution in [2.24, 2.45) is 5.92 Å². The quantitative estimate of drug-likeness (QED) is 0.735. The minimum Gasteiger partial charge on any atom is -0.372 e. The summed E-state index contributed by atoms with van der Waals surface area (Å²) >= 11 is 0. The van der Waals surface area contributed by atoms with Gasteiger partial charge >= 0.3 is 0 Å². The highest BCUT2D eigenvalue weighted by Gasteiger charge is 2.26. The van der Waals surface area contributed by atoms with Gasteiger partial charge < -0.3 is 20.3 Å². The molecule has 0 aromatic heterocycles. The molecule has 7 heteroatoms. The number of carbonyl (C=O) groups excluding carboxylic acids is 2. The van der Waals surface area contributed by atoms with Gasteiger partial charge in [0.1, 0.15) is 11.9 Å². The van der Waals surface area contributed by atoms with Crippen molar-refractivity contribution in [1.29, 1.82) is 0 Å². The van der Waals surface area contributed by atoms with E-state index < -0.39 is 17.8 Å². The summed E-state index contributed by atoms with van der Waals surface area (Å²) in [6, 6.07) is 12.5. The first kappa shape index (κ1) is 22.7. The molecule has 1 fully saturated rings. The minimum atomic E-state index is -0.798. The van der Waals surface area contributed by atoms with Crippen LogP contribution in [0.1, 0.15) is 38.1 Å². The zero-order chi connectivity index (χ0) is 22.5. The van der Waals surface area contributed by atoms with Crippen molar-refractivity contribution >= 4 is 23.2 Å². The maximum Gasteiger partial charge on any atom is 0.254 e. The van der Waals surface area contributed by atoms with Gasteiger partial charge in [-0.05, 0) is 56.2 Å². The number of benzene rings is 2. The molecule has 3 rings (SSSR count). The van der Waals surface area contributed by atoms with Crippen LogP contribution >= 0.6 is 0 Å². The summed E-state index contributed by atoms with van der Waals surface area (Å²) in [5.41, 5.74) is 1.61. The van der Waals surface area contributed by atoms with Gasteiger partial charge in [0.15, 0.2) is 0 Å². The summed E-state index contributed by atoms with van der Waals surface area (Å²) in [6.07, 6.45) is 0.320. The highest BCUT2D eigenvalue weighted by molar-refractivity contribution is 6.01. The van der Waals surface area contributed by atoms with E-state index in [0.29, 0.717) is 5.69 Å². The molecule has 166 valence electrons. The van der Waals surface area contributed by atoms with Crippen molar-refractivity contribution in [3.63, 3.8) is 0 Å². The molecule has 1 aliphatic rings. The number of anilines is 2. The van der Waals surface area contributed by atoms with Crippen LogP contribution in [0.4, 0.5) is 15.8 Å². The standard InChI is InChI=1S/C24H30FN3O3/c1-15(2)22(27-23(29)20-7-5-6-8-21(20)25)24(30)26-18-9-11-19(12-10-18)28-13-16(3)31-17(4)14-28/h5-12,15-17,22H,13-14H2,1-4H3,(H,26,30)(H,27,29). The summed E-state index contributed by atoms with van der Waals surface area (Å²) < 4.78 is 19.7. The lowest BCUT2D eigenvalue weighted by Gasteiger charge is -2.36. The van der Waals surface area contributed by atoms with E-state index in [-0.39, 0.29) is 29.6 Å². The molecular formula is C24H30FN3O3. The third kappa shape index (κ3) is 5.82. The van der Waals surface area contributed by atoms with Crippen LogP contribution in [0.15, 0.2) is 48.5 Å². The molecule has 0 bridgehead atoms. The summed E-state index contributed by atoms with van der Waals surface area (Å²) in [6.45, 7) is 9.39. The predicted octanol–water partition coefficient (Wildman–Crippen LogP) is 3.83. The van der Waals surface area contributed by atoms with Crippen molar-refractivity contribution in [3.8, 4) is 0 Å². The molecule has 3 atom stereocenters. The Morgan fingerprint density at radius 3 is 2.23 bits per heavy atom. The Kier molecular flexibility index (Phi) is 7.28. The summed E-state index contributed by atoms with van der Waals surface area (Å²) in [4.78, 5) is 27.6. The molecule has 1 saturated heterocycles.